The number of benzene rings is 1. The van der Waals surface area contributed by atoms with Crippen LogP contribution in [0.1, 0.15) is 5.56 Å². The molecule has 0 N–H and O–H groups in total. The van der Waals surface area contributed by atoms with E-state index in [2.05, 4.69) is 0 Å². The summed E-state index contributed by atoms with van der Waals surface area (Å²) < 4.78 is 37.5. The normalized spacial score (nSPS) is 11.9. The smallest absolute Gasteiger partial charge is 0.193 e. The fraction of sp³-hybridized carbons (Fsp3) is 0.250. The number of nitrogens with zero attached hydrogens (tertiary/aromatic N) is 1. The van der Waals surface area contributed by atoms with E-state index in [4.69, 9.17) is 0 Å². The Balaban J connectivity index is 2.82. The Bertz CT molecular complexity index is 778. The molecule has 4 nitrogen and oxygen atoms in total. The van der Waals surface area contributed by atoms with Crippen LogP contribution < -0.4 is 5.43 Å². The minimum atomic E-state index is -3.30. The third-order valence-electron chi connectivity index (χ3n) is 2.64. The zero-order chi connectivity index (χ0) is 13.5. The lowest BCUT2D eigenvalue weighted by Crippen LogP contribution is -2.17. The molecule has 0 saturated carbocycles. The molecule has 0 unspecified atom stereocenters. The predicted molar refractivity (Wildman–Crippen MR) is 67.7 cm³/mol. The first-order valence-electron chi connectivity index (χ1n) is 5.24. The summed E-state index contributed by atoms with van der Waals surface area (Å²) in [5.41, 5.74) is -0.106. The molecule has 0 saturated heterocycles. The van der Waals surface area contributed by atoms with E-state index >= 15 is 0 Å². The van der Waals surface area contributed by atoms with Crippen molar-refractivity contribution in [3.05, 3.63) is 46.0 Å². The number of fused-ring (bicyclic) bond motifs is 1. The van der Waals surface area contributed by atoms with Crippen LogP contribution in [0.4, 0.5) is 4.39 Å². The predicted octanol–water partition coefficient (Wildman–Crippen LogP) is 1.22. The SMILES string of the molecule is Cn1cc(CS(C)(=O)=O)c(=O)c2cccc(F)c21. The van der Waals surface area contributed by atoms with Crippen LogP contribution in [0.15, 0.2) is 29.2 Å². The standard InChI is InChI=1S/C12H12FNO3S/c1-14-6-8(7-18(2,16)17)12(15)9-4-3-5-10(13)11(9)14/h3-6H,7H2,1-2H3. The van der Waals surface area contributed by atoms with Gasteiger partial charge in [0, 0.05) is 30.4 Å². The highest BCUT2D eigenvalue weighted by Gasteiger charge is 2.14. The van der Waals surface area contributed by atoms with Crippen molar-refractivity contribution in [2.75, 3.05) is 6.26 Å². The Labute approximate surface area is 104 Å². The molecule has 0 spiro atoms. The first-order chi connectivity index (χ1) is 8.29. The monoisotopic (exact) mass is 269 g/mol. The van der Waals surface area contributed by atoms with Crippen LogP contribution in [0.2, 0.25) is 0 Å². The van der Waals surface area contributed by atoms with Crippen molar-refractivity contribution in [1.82, 2.24) is 4.57 Å². The number of sulfone groups is 1. The molecule has 1 aromatic heterocycles. The molecule has 2 aromatic rings. The molecule has 0 fully saturated rings. The maximum Gasteiger partial charge on any atom is 0.193 e. The fourth-order valence-electron chi connectivity index (χ4n) is 1.97. The Morgan fingerprint density at radius 3 is 2.61 bits per heavy atom. The van der Waals surface area contributed by atoms with E-state index in [0.717, 1.165) is 6.26 Å². The Morgan fingerprint density at radius 1 is 1.33 bits per heavy atom. The molecule has 0 amide bonds. The van der Waals surface area contributed by atoms with Crippen molar-refractivity contribution >= 4 is 20.7 Å². The van der Waals surface area contributed by atoms with Gasteiger partial charge in [-0.15, -0.1) is 0 Å². The van der Waals surface area contributed by atoms with Gasteiger partial charge in [0.1, 0.15) is 5.82 Å². The first-order valence-corrected chi connectivity index (χ1v) is 7.30. The molecule has 0 aliphatic carbocycles. The molecule has 0 aliphatic rings. The van der Waals surface area contributed by atoms with Crippen molar-refractivity contribution in [1.29, 1.82) is 0 Å². The second kappa shape index (κ2) is 4.20. The minimum absolute atomic E-state index is 0.151. The molecule has 6 heteroatoms. The zero-order valence-electron chi connectivity index (χ0n) is 9.97. The molecule has 96 valence electrons. The van der Waals surface area contributed by atoms with Gasteiger partial charge in [0.25, 0.3) is 0 Å². The maximum absolute atomic E-state index is 13.6. The van der Waals surface area contributed by atoms with Crippen molar-refractivity contribution in [2.45, 2.75) is 5.75 Å². The summed E-state index contributed by atoms with van der Waals surface area (Å²) in [6.07, 6.45) is 2.43. The summed E-state index contributed by atoms with van der Waals surface area (Å²) in [6, 6.07) is 4.19. The number of hydrogen-bond donors (Lipinski definition) is 0. The zero-order valence-corrected chi connectivity index (χ0v) is 10.8. The average Bonchev–Trinajstić information content (AvgIpc) is 2.23. The first kappa shape index (κ1) is 12.8. The van der Waals surface area contributed by atoms with Crippen molar-refractivity contribution in [3.63, 3.8) is 0 Å². The molecule has 0 bridgehead atoms. The summed E-state index contributed by atoms with van der Waals surface area (Å²) in [7, 11) is -1.72. The molecule has 2 rings (SSSR count). The summed E-state index contributed by atoms with van der Waals surface area (Å²) in [5, 5.41) is 0.193. The highest BCUT2D eigenvalue weighted by molar-refractivity contribution is 7.89. The average molecular weight is 269 g/mol. The Hall–Kier alpha value is -1.69. The minimum Gasteiger partial charge on any atom is -0.348 e. The second-order valence-corrected chi connectivity index (χ2v) is 6.44. The summed E-state index contributed by atoms with van der Waals surface area (Å²) in [6.45, 7) is 0. The summed E-state index contributed by atoms with van der Waals surface area (Å²) in [5.74, 6) is -0.843. The van der Waals surface area contributed by atoms with E-state index in [-0.39, 0.29) is 22.2 Å². The third-order valence-corrected chi connectivity index (χ3v) is 3.48. The van der Waals surface area contributed by atoms with Gasteiger partial charge in [-0.05, 0) is 12.1 Å². The maximum atomic E-state index is 13.6. The number of aryl methyl sites for hydroxylation is 1. The van der Waals surface area contributed by atoms with Crippen LogP contribution in [0.5, 0.6) is 0 Å². The number of para-hydroxylation sites is 1. The van der Waals surface area contributed by atoms with Crippen LogP contribution in [0.3, 0.4) is 0 Å². The van der Waals surface area contributed by atoms with Gasteiger partial charge >= 0.3 is 0 Å². The molecular weight excluding hydrogens is 257 g/mol. The molecule has 1 heterocycles. The topological polar surface area (TPSA) is 56.1 Å². The van der Waals surface area contributed by atoms with Crippen molar-refractivity contribution in [3.8, 4) is 0 Å². The van der Waals surface area contributed by atoms with E-state index in [1.165, 1.54) is 29.0 Å². The van der Waals surface area contributed by atoms with Crippen molar-refractivity contribution in [2.24, 2.45) is 7.05 Å². The van der Waals surface area contributed by atoms with Gasteiger partial charge in [-0.1, -0.05) is 6.07 Å². The lowest BCUT2D eigenvalue weighted by atomic mass is 10.1. The van der Waals surface area contributed by atoms with Crippen LogP contribution in [0, 0.1) is 5.82 Å². The number of halogens is 1. The lowest BCUT2D eigenvalue weighted by Gasteiger charge is -2.09. The number of hydrogen-bond acceptors (Lipinski definition) is 3. The summed E-state index contributed by atoms with van der Waals surface area (Å²) in [4.78, 5) is 12.1. The summed E-state index contributed by atoms with van der Waals surface area (Å²) >= 11 is 0. The van der Waals surface area contributed by atoms with Gasteiger partial charge in [0.2, 0.25) is 0 Å². The number of pyridine rings is 1. The number of rotatable bonds is 2. The number of aromatic nitrogens is 1. The largest absolute Gasteiger partial charge is 0.348 e. The van der Waals surface area contributed by atoms with Crippen LogP contribution in [-0.4, -0.2) is 19.2 Å². The van der Waals surface area contributed by atoms with Gasteiger partial charge in [-0.3, -0.25) is 4.79 Å². The van der Waals surface area contributed by atoms with Crippen LogP contribution in [0.25, 0.3) is 10.9 Å². The Morgan fingerprint density at radius 2 is 2.00 bits per heavy atom. The van der Waals surface area contributed by atoms with Gasteiger partial charge in [0.05, 0.1) is 11.3 Å². The molecule has 18 heavy (non-hydrogen) atoms. The van der Waals surface area contributed by atoms with Gasteiger partial charge in [-0.2, -0.15) is 0 Å². The van der Waals surface area contributed by atoms with Crippen LogP contribution in [-0.2, 0) is 22.6 Å². The van der Waals surface area contributed by atoms with E-state index in [1.807, 2.05) is 0 Å². The molecule has 1 aromatic carbocycles. The van der Waals surface area contributed by atoms with E-state index in [0.29, 0.717) is 0 Å². The Kier molecular flexibility index (Phi) is 2.98. The van der Waals surface area contributed by atoms with Crippen LogP contribution >= 0.6 is 0 Å². The lowest BCUT2D eigenvalue weighted by molar-refractivity contribution is 0.601. The quantitative estimate of drug-likeness (QED) is 0.823. The van der Waals surface area contributed by atoms with Gasteiger partial charge in [-0.25, -0.2) is 12.8 Å². The molecule has 0 aliphatic heterocycles. The molecule has 0 radical (unpaired) electrons. The van der Waals surface area contributed by atoms with Gasteiger partial charge < -0.3 is 4.57 Å². The van der Waals surface area contributed by atoms with E-state index in [1.54, 1.807) is 7.05 Å². The second-order valence-electron chi connectivity index (χ2n) is 4.30. The highest BCUT2D eigenvalue weighted by Crippen LogP contribution is 2.15. The van der Waals surface area contributed by atoms with E-state index < -0.39 is 21.1 Å². The van der Waals surface area contributed by atoms with E-state index in [9.17, 15) is 17.6 Å². The van der Waals surface area contributed by atoms with Crippen molar-refractivity contribution < 1.29 is 12.8 Å². The highest BCUT2D eigenvalue weighted by atomic mass is 32.2. The fourth-order valence-corrected chi connectivity index (χ4v) is 2.74. The molecule has 0 atom stereocenters. The third kappa shape index (κ3) is 2.28. The van der Waals surface area contributed by atoms with Gasteiger partial charge in [0.15, 0.2) is 15.3 Å². The molecular formula is C12H12FNO3S.